The van der Waals surface area contributed by atoms with Gasteiger partial charge in [0.05, 0.1) is 52.0 Å². The van der Waals surface area contributed by atoms with E-state index in [1.54, 1.807) is 19.1 Å². The molecule has 2 aliphatic heterocycles. The summed E-state index contributed by atoms with van der Waals surface area (Å²) in [5.74, 6) is 2.70. The molecule has 1 aromatic carbocycles. The Morgan fingerprint density at radius 3 is 2.29 bits per heavy atom. The first-order valence-electron chi connectivity index (χ1n) is 9.59. The van der Waals surface area contributed by atoms with Crippen molar-refractivity contribution in [3.8, 4) is 11.5 Å². The van der Waals surface area contributed by atoms with Crippen molar-refractivity contribution in [2.75, 3.05) is 40.4 Å². The lowest BCUT2D eigenvalue weighted by Crippen LogP contribution is -3.20. The van der Waals surface area contributed by atoms with Gasteiger partial charge in [0.25, 0.3) is 0 Å². The van der Waals surface area contributed by atoms with Crippen LogP contribution in [0.2, 0.25) is 0 Å². The Kier molecular flexibility index (Phi) is 6.01. The van der Waals surface area contributed by atoms with Crippen molar-refractivity contribution < 1.29 is 19.3 Å². The molecule has 134 valence electrons. The number of rotatable bonds is 5. The van der Waals surface area contributed by atoms with Gasteiger partial charge in [0.1, 0.15) is 6.54 Å². The molecule has 2 heterocycles. The Morgan fingerprint density at radius 2 is 1.67 bits per heavy atom. The molecule has 2 aliphatic rings. The van der Waals surface area contributed by atoms with Gasteiger partial charge in [-0.15, -0.1) is 0 Å². The lowest BCUT2D eigenvalue weighted by atomic mass is 9.95. The first-order valence-corrected chi connectivity index (χ1v) is 9.59. The predicted molar refractivity (Wildman–Crippen MR) is 96.1 cm³/mol. The van der Waals surface area contributed by atoms with Crippen molar-refractivity contribution in [3.63, 3.8) is 0 Å². The fourth-order valence-corrected chi connectivity index (χ4v) is 4.51. The number of ether oxygens (including phenoxy) is 2. The molecule has 4 heteroatoms. The van der Waals surface area contributed by atoms with Gasteiger partial charge >= 0.3 is 0 Å². The lowest BCUT2D eigenvalue weighted by Gasteiger charge is -2.37. The first kappa shape index (κ1) is 17.6. The summed E-state index contributed by atoms with van der Waals surface area (Å²) >= 11 is 0. The van der Waals surface area contributed by atoms with Gasteiger partial charge < -0.3 is 19.3 Å². The van der Waals surface area contributed by atoms with Crippen LogP contribution in [0.1, 0.15) is 38.2 Å². The molecule has 2 N–H and O–H groups in total. The zero-order valence-corrected chi connectivity index (χ0v) is 15.6. The SMILES string of the molecule is COc1cccc(C[NH+]2CCC([NH+]3CCC(C)CC3)CC2)c1OC. The van der Waals surface area contributed by atoms with Crippen molar-refractivity contribution in [3.05, 3.63) is 23.8 Å². The number of benzene rings is 1. The quantitative estimate of drug-likeness (QED) is 0.824. The number of likely N-dealkylation sites (tertiary alicyclic amines) is 2. The van der Waals surface area contributed by atoms with Crippen molar-refractivity contribution in [1.82, 2.24) is 0 Å². The number of hydrogen-bond donors (Lipinski definition) is 2. The maximum atomic E-state index is 5.59. The smallest absolute Gasteiger partial charge is 0.169 e. The van der Waals surface area contributed by atoms with Gasteiger partial charge in [-0.25, -0.2) is 0 Å². The molecule has 0 unspecified atom stereocenters. The highest BCUT2D eigenvalue weighted by atomic mass is 16.5. The van der Waals surface area contributed by atoms with E-state index in [4.69, 9.17) is 9.47 Å². The van der Waals surface area contributed by atoms with E-state index in [2.05, 4.69) is 19.1 Å². The highest BCUT2D eigenvalue weighted by molar-refractivity contribution is 5.46. The van der Waals surface area contributed by atoms with Gasteiger partial charge in [-0.2, -0.15) is 0 Å². The molecule has 24 heavy (non-hydrogen) atoms. The third-order valence-corrected chi connectivity index (χ3v) is 6.11. The molecular formula is C20H34N2O2+2. The molecule has 0 aromatic heterocycles. The largest absolute Gasteiger partial charge is 0.493 e. The molecule has 0 radical (unpaired) electrons. The number of hydrogen-bond acceptors (Lipinski definition) is 2. The van der Waals surface area contributed by atoms with E-state index in [0.29, 0.717) is 0 Å². The molecule has 1 aromatic rings. The summed E-state index contributed by atoms with van der Waals surface area (Å²) in [6.45, 7) is 8.80. The van der Waals surface area contributed by atoms with Gasteiger partial charge in [0.2, 0.25) is 0 Å². The Morgan fingerprint density at radius 1 is 0.958 bits per heavy atom. The van der Waals surface area contributed by atoms with Gasteiger partial charge in [0, 0.05) is 12.8 Å². The van der Waals surface area contributed by atoms with Crippen LogP contribution in [-0.2, 0) is 6.54 Å². The predicted octanol–water partition coefficient (Wildman–Crippen LogP) is 0.566. The van der Waals surface area contributed by atoms with E-state index in [0.717, 1.165) is 30.0 Å². The average molecular weight is 335 g/mol. The minimum atomic E-state index is 0.844. The molecule has 0 atom stereocenters. The Labute approximate surface area is 146 Å². The summed E-state index contributed by atoms with van der Waals surface area (Å²) in [7, 11) is 3.45. The zero-order chi connectivity index (χ0) is 16.9. The van der Waals surface area contributed by atoms with Crippen molar-refractivity contribution in [1.29, 1.82) is 0 Å². The zero-order valence-electron chi connectivity index (χ0n) is 15.6. The van der Waals surface area contributed by atoms with Crippen LogP contribution in [0, 0.1) is 5.92 Å². The molecule has 2 fully saturated rings. The standard InChI is InChI=1S/C20H32N2O2/c1-16-7-13-22(14-8-16)18-9-11-21(12-10-18)15-17-5-4-6-19(23-2)20(17)24-3/h4-6,16,18H,7-15H2,1-3H3/p+2. The summed E-state index contributed by atoms with van der Waals surface area (Å²) in [5, 5.41) is 0. The van der Waals surface area contributed by atoms with E-state index in [-0.39, 0.29) is 0 Å². The normalized spacial score (nSPS) is 30.8. The topological polar surface area (TPSA) is 27.3 Å². The fraction of sp³-hybridized carbons (Fsp3) is 0.700. The molecule has 0 aliphatic carbocycles. The molecule has 2 saturated heterocycles. The monoisotopic (exact) mass is 334 g/mol. The third-order valence-electron chi connectivity index (χ3n) is 6.11. The number of quaternary nitrogens is 2. The minimum absolute atomic E-state index is 0.844. The third kappa shape index (κ3) is 4.04. The van der Waals surface area contributed by atoms with Crippen LogP contribution in [0.15, 0.2) is 18.2 Å². The van der Waals surface area contributed by atoms with Gasteiger partial charge in [-0.3, -0.25) is 0 Å². The van der Waals surface area contributed by atoms with Crippen molar-refractivity contribution in [2.45, 2.75) is 45.2 Å². The number of piperidine rings is 2. The molecule has 0 spiro atoms. The second-order valence-corrected chi connectivity index (χ2v) is 7.69. The summed E-state index contributed by atoms with van der Waals surface area (Å²) in [5.41, 5.74) is 1.27. The molecule has 4 nitrogen and oxygen atoms in total. The van der Waals surface area contributed by atoms with Crippen LogP contribution in [0.3, 0.4) is 0 Å². The van der Waals surface area contributed by atoms with E-state index in [1.807, 2.05) is 11.0 Å². The van der Waals surface area contributed by atoms with E-state index < -0.39 is 0 Å². The number of nitrogens with one attached hydrogen (secondary N) is 2. The summed E-state index contributed by atoms with van der Waals surface area (Å²) in [4.78, 5) is 3.56. The van der Waals surface area contributed by atoms with Crippen LogP contribution < -0.4 is 19.3 Å². The highest BCUT2D eigenvalue weighted by Gasteiger charge is 2.32. The number of methoxy groups -OCH3 is 2. The minimum Gasteiger partial charge on any atom is -0.493 e. The van der Waals surface area contributed by atoms with E-state index in [9.17, 15) is 0 Å². The Balaban J connectivity index is 1.54. The van der Waals surface area contributed by atoms with Crippen LogP contribution in [-0.4, -0.2) is 46.4 Å². The van der Waals surface area contributed by atoms with Gasteiger partial charge in [-0.05, 0) is 30.9 Å². The van der Waals surface area contributed by atoms with E-state index >= 15 is 0 Å². The number of para-hydroxylation sites is 1. The summed E-state index contributed by atoms with van der Waals surface area (Å²) in [6.07, 6.45) is 5.57. The van der Waals surface area contributed by atoms with E-state index in [1.165, 1.54) is 57.4 Å². The Bertz CT molecular complexity index is 518. The second kappa shape index (κ2) is 8.21. The van der Waals surface area contributed by atoms with Crippen molar-refractivity contribution in [2.24, 2.45) is 5.92 Å². The summed E-state index contributed by atoms with van der Waals surface area (Å²) in [6, 6.07) is 7.12. The lowest BCUT2D eigenvalue weighted by molar-refractivity contribution is -0.966. The maximum absolute atomic E-state index is 5.59. The van der Waals surface area contributed by atoms with Crippen LogP contribution >= 0.6 is 0 Å². The Hall–Kier alpha value is -1.26. The second-order valence-electron chi connectivity index (χ2n) is 7.69. The molecule has 3 rings (SSSR count). The van der Waals surface area contributed by atoms with Gasteiger partial charge in [0.15, 0.2) is 11.5 Å². The average Bonchev–Trinajstić information content (AvgIpc) is 2.63. The molecular weight excluding hydrogens is 300 g/mol. The molecule has 0 saturated carbocycles. The summed E-state index contributed by atoms with van der Waals surface area (Å²) < 4.78 is 11.0. The van der Waals surface area contributed by atoms with Crippen LogP contribution in [0.5, 0.6) is 11.5 Å². The highest BCUT2D eigenvalue weighted by Crippen LogP contribution is 2.30. The maximum Gasteiger partial charge on any atom is 0.169 e. The molecule has 0 amide bonds. The van der Waals surface area contributed by atoms with Gasteiger partial charge in [-0.1, -0.05) is 13.0 Å². The molecule has 0 bridgehead atoms. The van der Waals surface area contributed by atoms with Crippen molar-refractivity contribution >= 4 is 0 Å². The van der Waals surface area contributed by atoms with Crippen LogP contribution in [0.25, 0.3) is 0 Å². The fourth-order valence-electron chi connectivity index (χ4n) is 4.51. The first-order chi connectivity index (χ1) is 11.7. The van der Waals surface area contributed by atoms with Crippen LogP contribution in [0.4, 0.5) is 0 Å².